The van der Waals surface area contributed by atoms with Crippen LogP contribution >= 0.6 is 15.9 Å². The number of aromatic nitrogens is 2. The second-order valence-electron chi connectivity index (χ2n) is 3.54. The van der Waals surface area contributed by atoms with Crippen LogP contribution in [0, 0.1) is 22.7 Å². The van der Waals surface area contributed by atoms with Crippen LogP contribution in [0.4, 0.5) is 5.69 Å². The molecular weight excluding hydrogens is 294 g/mol. The summed E-state index contributed by atoms with van der Waals surface area (Å²) in [4.78, 5) is 0. The van der Waals surface area contributed by atoms with E-state index in [9.17, 15) is 0 Å². The number of nitrogens with one attached hydrogen (secondary N) is 1. The van der Waals surface area contributed by atoms with Gasteiger partial charge in [-0.2, -0.15) is 15.6 Å². The molecule has 0 radical (unpaired) electrons. The first-order valence-electron chi connectivity index (χ1n) is 5.05. The molecule has 0 unspecified atom stereocenters. The molecule has 0 bridgehead atoms. The maximum Gasteiger partial charge on any atom is 0.145 e. The topological polar surface area (TPSA) is 77.4 Å². The molecule has 0 amide bonds. The van der Waals surface area contributed by atoms with Gasteiger partial charge in [0.25, 0.3) is 0 Å². The highest BCUT2D eigenvalue weighted by atomic mass is 79.9. The number of rotatable bonds is 2. The minimum absolute atomic E-state index is 0.0215. The number of hydrogen-bond acceptors (Lipinski definition) is 4. The molecule has 1 N–H and O–H groups in total. The van der Waals surface area contributed by atoms with Crippen LogP contribution in [-0.4, -0.2) is 9.78 Å². The van der Waals surface area contributed by atoms with E-state index in [1.165, 1.54) is 6.20 Å². The summed E-state index contributed by atoms with van der Waals surface area (Å²) < 4.78 is 2.49. The SMILES string of the molecule is Cn1nc(Br)c2cccc(NC=C(C#N)C#N)c21. The van der Waals surface area contributed by atoms with Crippen LogP contribution in [0.25, 0.3) is 10.9 Å². The van der Waals surface area contributed by atoms with Gasteiger partial charge in [-0.15, -0.1) is 0 Å². The van der Waals surface area contributed by atoms with Crippen LogP contribution in [0.1, 0.15) is 0 Å². The number of aryl methyl sites for hydroxylation is 1. The Kier molecular flexibility index (Phi) is 3.31. The molecule has 6 heteroatoms. The van der Waals surface area contributed by atoms with Gasteiger partial charge in [-0.05, 0) is 28.1 Å². The molecule has 0 aliphatic rings. The van der Waals surface area contributed by atoms with E-state index in [1.807, 2.05) is 25.2 Å². The first-order chi connectivity index (χ1) is 8.67. The summed E-state index contributed by atoms with van der Waals surface area (Å²) >= 11 is 3.38. The predicted octanol–water partition coefficient (Wildman–Crippen LogP) is 2.68. The van der Waals surface area contributed by atoms with Crippen molar-refractivity contribution in [2.45, 2.75) is 0 Å². The molecule has 5 nitrogen and oxygen atoms in total. The fraction of sp³-hybridized carbons (Fsp3) is 0.0833. The molecule has 18 heavy (non-hydrogen) atoms. The van der Waals surface area contributed by atoms with Gasteiger partial charge < -0.3 is 5.32 Å². The minimum atomic E-state index is 0.0215. The molecule has 88 valence electrons. The van der Waals surface area contributed by atoms with Crippen LogP contribution in [0.2, 0.25) is 0 Å². The van der Waals surface area contributed by atoms with Crippen molar-refractivity contribution in [3.8, 4) is 12.1 Å². The lowest BCUT2D eigenvalue weighted by Gasteiger charge is -2.04. The summed E-state index contributed by atoms with van der Waals surface area (Å²) in [6, 6.07) is 9.27. The van der Waals surface area contributed by atoms with Crippen molar-refractivity contribution < 1.29 is 0 Å². The van der Waals surface area contributed by atoms with Gasteiger partial charge in [0, 0.05) is 18.6 Å². The van der Waals surface area contributed by atoms with E-state index in [2.05, 4.69) is 26.3 Å². The Balaban J connectivity index is 2.51. The van der Waals surface area contributed by atoms with E-state index in [0.29, 0.717) is 0 Å². The van der Waals surface area contributed by atoms with Crippen molar-refractivity contribution in [2.24, 2.45) is 7.05 Å². The fourth-order valence-corrected chi connectivity index (χ4v) is 2.21. The van der Waals surface area contributed by atoms with Crippen LogP contribution in [-0.2, 0) is 7.05 Å². The maximum absolute atomic E-state index is 8.67. The van der Waals surface area contributed by atoms with Crippen LogP contribution < -0.4 is 5.32 Å². The number of para-hydroxylation sites is 1. The van der Waals surface area contributed by atoms with Crippen molar-refractivity contribution in [1.29, 1.82) is 10.5 Å². The molecule has 0 spiro atoms. The quantitative estimate of drug-likeness (QED) is 0.865. The van der Waals surface area contributed by atoms with E-state index < -0.39 is 0 Å². The summed E-state index contributed by atoms with van der Waals surface area (Å²) in [5.41, 5.74) is 1.71. The van der Waals surface area contributed by atoms with Gasteiger partial charge in [0.2, 0.25) is 0 Å². The number of fused-ring (bicyclic) bond motifs is 1. The lowest BCUT2D eigenvalue weighted by Crippen LogP contribution is -1.95. The van der Waals surface area contributed by atoms with Gasteiger partial charge in [0.1, 0.15) is 22.3 Å². The molecular formula is C12H8BrN5. The summed E-state index contributed by atoms with van der Waals surface area (Å²) in [6.45, 7) is 0. The van der Waals surface area contributed by atoms with Crippen LogP contribution in [0.3, 0.4) is 0 Å². The highest BCUT2D eigenvalue weighted by Gasteiger charge is 2.09. The second-order valence-corrected chi connectivity index (χ2v) is 4.29. The van der Waals surface area contributed by atoms with E-state index in [-0.39, 0.29) is 5.57 Å². The smallest absolute Gasteiger partial charge is 0.145 e. The Bertz CT molecular complexity index is 698. The zero-order valence-electron chi connectivity index (χ0n) is 9.48. The number of allylic oxidation sites excluding steroid dienone is 1. The summed E-state index contributed by atoms with van der Waals surface area (Å²) in [7, 11) is 1.83. The van der Waals surface area contributed by atoms with Crippen LogP contribution in [0.15, 0.2) is 34.6 Å². The zero-order chi connectivity index (χ0) is 13.1. The maximum atomic E-state index is 8.67. The van der Waals surface area contributed by atoms with Crippen LogP contribution in [0.5, 0.6) is 0 Å². The second kappa shape index (κ2) is 4.91. The number of nitrogens with zero attached hydrogens (tertiary/aromatic N) is 4. The average Bonchev–Trinajstić information content (AvgIpc) is 2.67. The van der Waals surface area contributed by atoms with Gasteiger partial charge in [0.05, 0.1) is 11.2 Å². The molecule has 0 aliphatic heterocycles. The normalized spacial score (nSPS) is 9.56. The standard InChI is InChI=1S/C12H8BrN5/c1-18-11-9(12(13)17-18)3-2-4-10(11)16-7-8(5-14)6-15/h2-4,7,16H,1H3. The molecule has 2 aromatic rings. The average molecular weight is 302 g/mol. The number of halogens is 1. The Morgan fingerprint density at radius 3 is 2.83 bits per heavy atom. The van der Waals surface area contributed by atoms with Crippen molar-refractivity contribution in [3.63, 3.8) is 0 Å². The summed E-state index contributed by atoms with van der Waals surface area (Å²) in [5, 5.41) is 25.5. The van der Waals surface area contributed by atoms with Crippen molar-refractivity contribution in [1.82, 2.24) is 9.78 Å². The molecule has 0 fully saturated rings. The largest absolute Gasteiger partial charge is 0.358 e. The molecule has 0 aliphatic carbocycles. The third-order valence-corrected chi connectivity index (χ3v) is 3.02. The molecule has 0 saturated heterocycles. The van der Waals surface area contributed by atoms with Gasteiger partial charge >= 0.3 is 0 Å². The Morgan fingerprint density at radius 2 is 2.17 bits per heavy atom. The van der Waals surface area contributed by atoms with Crippen molar-refractivity contribution in [2.75, 3.05) is 5.32 Å². The molecule has 1 heterocycles. The van der Waals surface area contributed by atoms with E-state index in [4.69, 9.17) is 10.5 Å². The highest BCUT2D eigenvalue weighted by molar-refractivity contribution is 9.10. The third kappa shape index (κ3) is 2.06. The first kappa shape index (κ1) is 12.2. The number of anilines is 1. The molecule has 1 aromatic carbocycles. The van der Waals surface area contributed by atoms with Crippen molar-refractivity contribution >= 4 is 32.5 Å². The van der Waals surface area contributed by atoms with Gasteiger partial charge in [-0.1, -0.05) is 6.07 Å². The van der Waals surface area contributed by atoms with Gasteiger partial charge in [-0.3, -0.25) is 4.68 Å². The summed E-state index contributed by atoms with van der Waals surface area (Å²) in [5.74, 6) is 0. The van der Waals surface area contributed by atoms with Gasteiger partial charge in [0.15, 0.2) is 0 Å². The molecule has 0 atom stereocenters. The molecule has 2 rings (SSSR count). The fourth-order valence-electron chi connectivity index (χ4n) is 1.65. The lowest BCUT2D eigenvalue weighted by atomic mass is 10.2. The zero-order valence-corrected chi connectivity index (χ0v) is 11.1. The third-order valence-electron chi connectivity index (χ3n) is 2.43. The Morgan fingerprint density at radius 1 is 1.44 bits per heavy atom. The first-order valence-corrected chi connectivity index (χ1v) is 5.84. The summed E-state index contributed by atoms with van der Waals surface area (Å²) in [6.07, 6.45) is 1.38. The van der Waals surface area contributed by atoms with Crippen molar-refractivity contribution in [3.05, 3.63) is 34.6 Å². The van der Waals surface area contributed by atoms with E-state index in [1.54, 1.807) is 16.8 Å². The number of nitriles is 2. The monoisotopic (exact) mass is 301 g/mol. The van der Waals surface area contributed by atoms with E-state index in [0.717, 1.165) is 21.2 Å². The molecule has 1 aromatic heterocycles. The Hall–Kier alpha value is -2.31. The highest BCUT2D eigenvalue weighted by Crippen LogP contribution is 2.28. The lowest BCUT2D eigenvalue weighted by molar-refractivity contribution is 0.789. The molecule has 0 saturated carbocycles. The predicted molar refractivity (Wildman–Crippen MR) is 71.3 cm³/mol. The van der Waals surface area contributed by atoms with Gasteiger partial charge in [-0.25, -0.2) is 0 Å². The number of hydrogen-bond donors (Lipinski definition) is 1. The Labute approximate surface area is 112 Å². The number of benzene rings is 1. The minimum Gasteiger partial charge on any atom is -0.358 e. The van der Waals surface area contributed by atoms with E-state index >= 15 is 0 Å².